The van der Waals surface area contributed by atoms with Crippen LogP contribution in [-0.4, -0.2) is 39.8 Å². The third-order valence-corrected chi connectivity index (χ3v) is 5.55. The van der Waals surface area contributed by atoms with E-state index in [1.54, 1.807) is 7.11 Å². The number of nitrogens with one attached hydrogen (secondary N) is 1. The fraction of sp³-hybridized carbons (Fsp3) is 0.429. The van der Waals surface area contributed by atoms with Gasteiger partial charge in [-0.3, -0.25) is 0 Å². The summed E-state index contributed by atoms with van der Waals surface area (Å²) in [5.74, 6) is 1.35. The van der Waals surface area contributed by atoms with Gasteiger partial charge in [-0.1, -0.05) is 23.8 Å². The topological polar surface area (TPSA) is 42.3 Å². The van der Waals surface area contributed by atoms with Crippen LogP contribution in [0.1, 0.15) is 25.7 Å². The molecule has 0 radical (unpaired) electrons. The number of rotatable bonds is 8. The van der Waals surface area contributed by atoms with E-state index in [4.69, 9.17) is 28.6 Å². The van der Waals surface area contributed by atoms with Gasteiger partial charge in [0.1, 0.15) is 5.75 Å². The molecule has 0 saturated carbocycles. The van der Waals surface area contributed by atoms with E-state index in [9.17, 15) is 0 Å². The molecule has 0 amide bonds. The highest BCUT2D eigenvalue weighted by Gasteiger charge is 2.18. The molecule has 3 rings (SSSR count). The lowest BCUT2D eigenvalue weighted by Gasteiger charge is -2.31. The van der Waals surface area contributed by atoms with Crippen LogP contribution in [-0.2, 0) is 6.54 Å². The maximum atomic E-state index is 6.16. The first-order valence-corrected chi connectivity index (χ1v) is 10.4. The molecule has 28 heavy (non-hydrogen) atoms. The van der Waals surface area contributed by atoms with Crippen molar-refractivity contribution in [2.24, 2.45) is 5.92 Å². The molecule has 2 aromatic rings. The van der Waals surface area contributed by atoms with E-state index in [1.807, 2.05) is 36.9 Å². The van der Waals surface area contributed by atoms with Crippen molar-refractivity contribution in [2.75, 3.05) is 25.5 Å². The number of ether oxygens (including phenoxy) is 1. The molecular formula is C21H27ClN4OS. The summed E-state index contributed by atoms with van der Waals surface area (Å²) in [6.07, 6.45) is 14.7. The van der Waals surface area contributed by atoms with E-state index in [-0.39, 0.29) is 0 Å². The Hall–Kier alpha value is -2.05. The van der Waals surface area contributed by atoms with Crippen molar-refractivity contribution in [3.8, 4) is 5.75 Å². The van der Waals surface area contributed by atoms with Crippen LogP contribution < -0.4 is 10.1 Å². The summed E-state index contributed by atoms with van der Waals surface area (Å²) in [7, 11) is 1.65. The van der Waals surface area contributed by atoms with Gasteiger partial charge < -0.3 is 19.5 Å². The summed E-state index contributed by atoms with van der Waals surface area (Å²) < 4.78 is 7.54. The number of benzene rings is 1. The number of methoxy groups -OCH3 is 1. The number of hydrogen-bond acceptors (Lipinski definition) is 3. The quantitative estimate of drug-likeness (QED) is 0.483. The minimum absolute atomic E-state index is 0.624. The molecule has 0 spiro atoms. The molecule has 1 atom stereocenters. The van der Waals surface area contributed by atoms with Crippen molar-refractivity contribution in [1.82, 2.24) is 14.5 Å². The molecule has 0 aliphatic heterocycles. The lowest BCUT2D eigenvalue weighted by atomic mass is 9.94. The summed E-state index contributed by atoms with van der Waals surface area (Å²) in [6.45, 7) is 2.75. The number of halogens is 1. The Balaban J connectivity index is 1.66. The average molecular weight is 419 g/mol. The number of thiocarbonyl (C=S) groups is 1. The number of allylic oxidation sites excluding steroid dienone is 2. The second-order valence-corrected chi connectivity index (χ2v) is 7.85. The molecule has 5 nitrogen and oxygen atoms in total. The zero-order chi connectivity index (χ0) is 19.8. The average Bonchev–Trinajstić information content (AvgIpc) is 3.22. The van der Waals surface area contributed by atoms with Crippen LogP contribution in [0.15, 0.2) is 49.1 Å². The van der Waals surface area contributed by atoms with Crippen LogP contribution in [0.4, 0.5) is 5.69 Å². The molecule has 150 valence electrons. The van der Waals surface area contributed by atoms with E-state index in [1.165, 1.54) is 6.42 Å². The monoisotopic (exact) mass is 418 g/mol. The Bertz CT molecular complexity index is 794. The van der Waals surface area contributed by atoms with Crippen molar-refractivity contribution in [2.45, 2.75) is 32.2 Å². The number of anilines is 1. The molecule has 0 bridgehead atoms. The molecule has 1 aromatic heterocycles. The summed E-state index contributed by atoms with van der Waals surface area (Å²) in [5.41, 5.74) is 0.795. The van der Waals surface area contributed by atoms with Gasteiger partial charge in [-0.05, 0) is 62.0 Å². The maximum Gasteiger partial charge on any atom is 0.173 e. The number of aryl methyl sites for hydroxylation is 1. The van der Waals surface area contributed by atoms with Crippen LogP contribution in [0.3, 0.4) is 0 Å². The first kappa shape index (κ1) is 20.7. The van der Waals surface area contributed by atoms with E-state index >= 15 is 0 Å². The molecule has 1 aliphatic carbocycles. The molecule has 0 saturated heterocycles. The Kier molecular flexibility index (Phi) is 7.74. The Labute approximate surface area is 177 Å². The van der Waals surface area contributed by atoms with Crippen molar-refractivity contribution < 1.29 is 4.74 Å². The zero-order valence-electron chi connectivity index (χ0n) is 16.2. The maximum absolute atomic E-state index is 6.16. The minimum Gasteiger partial charge on any atom is -0.495 e. The van der Waals surface area contributed by atoms with E-state index in [2.05, 4.69) is 31.9 Å². The highest BCUT2D eigenvalue weighted by molar-refractivity contribution is 7.80. The second kappa shape index (κ2) is 10.5. The first-order valence-electron chi connectivity index (χ1n) is 9.66. The number of hydrogen-bond donors (Lipinski definition) is 1. The minimum atomic E-state index is 0.624. The highest BCUT2D eigenvalue weighted by Crippen LogP contribution is 2.28. The van der Waals surface area contributed by atoms with Gasteiger partial charge >= 0.3 is 0 Å². The van der Waals surface area contributed by atoms with Crippen molar-refractivity contribution in [3.63, 3.8) is 0 Å². The predicted molar refractivity (Wildman–Crippen MR) is 119 cm³/mol. The largest absolute Gasteiger partial charge is 0.495 e. The van der Waals surface area contributed by atoms with Crippen molar-refractivity contribution in [3.05, 3.63) is 54.1 Å². The molecule has 1 heterocycles. The van der Waals surface area contributed by atoms with Gasteiger partial charge in [-0.25, -0.2) is 4.98 Å². The molecule has 7 heteroatoms. The van der Waals surface area contributed by atoms with Crippen molar-refractivity contribution in [1.29, 1.82) is 0 Å². The van der Waals surface area contributed by atoms with Crippen LogP contribution in [0.2, 0.25) is 5.02 Å². The van der Waals surface area contributed by atoms with Crippen molar-refractivity contribution >= 4 is 34.6 Å². The van der Waals surface area contributed by atoms with E-state index in [0.29, 0.717) is 16.1 Å². The summed E-state index contributed by atoms with van der Waals surface area (Å²) in [5, 5.41) is 4.70. The molecule has 0 fully saturated rings. The van der Waals surface area contributed by atoms with Gasteiger partial charge in [0, 0.05) is 37.1 Å². The van der Waals surface area contributed by atoms with Crippen LogP contribution in [0.5, 0.6) is 5.75 Å². The fourth-order valence-corrected chi connectivity index (χ4v) is 3.89. The smallest absolute Gasteiger partial charge is 0.173 e. The zero-order valence-corrected chi connectivity index (χ0v) is 17.8. The van der Waals surface area contributed by atoms with Crippen LogP contribution in [0, 0.1) is 5.92 Å². The van der Waals surface area contributed by atoms with Gasteiger partial charge in [0.05, 0.1) is 19.1 Å². The number of aromatic nitrogens is 2. The second-order valence-electron chi connectivity index (χ2n) is 7.03. The van der Waals surface area contributed by atoms with Gasteiger partial charge in [-0.15, -0.1) is 0 Å². The Morgan fingerprint density at radius 2 is 2.32 bits per heavy atom. The molecular weight excluding hydrogens is 392 g/mol. The van der Waals surface area contributed by atoms with Gasteiger partial charge in [0.2, 0.25) is 0 Å². The van der Waals surface area contributed by atoms with Gasteiger partial charge in [0.25, 0.3) is 0 Å². The van der Waals surface area contributed by atoms with Crippen LogP contribution in [0.25, 0.3) is 0 Å². The lowest BCUT2D eigenvalue weighted by molar-refractivity contribution is 0.316. The standard InChI is InChI=1S/C21H27ClN4OS/c1-27-20-9-8-18(22)14-19(20)24-21(28)26(15-17-6-3-2-4-7-17)12-5-11-25-13-10-23-16-25/h2-3,8-10,13-14,16-17H,4-7,11-12,15H2,1H3,(H,24,28). The Morgan fingerprint density at radius 3 is 3.04 bits per heavy atom. The van der Waals surface area contributed by atoms with Crippen LogP contribution >= 0.6 is 23.8 Å². The summed E-state index contributed by atoms with van der Waals surface area (Å²) in [6, 6.07) is 5.51. The molecule has 1 N–H and O–H groups in total. The van der Waals surface area contributed by atoms with Gasteiger partial charge in [-0.2, -0.15) is 0 Å². The molecule has 1 aromatic carbocycles. The third kappa shape index (κ3) is 5.97. The normalized spacial score (nSPS) is 16.0. The number of nitrogens with zero attached hydrogens (tertiary/aromatic N) is 3. The third-order valence-electron chi connectivity index (χ3n) is 4.95. The lowest BCUT2D eigenvalue weighted by Crippen LogP contribution is -2.39. The molecule has 1 unspecified atom stereocenters. The SMILES string of the molecule is COc1ccc(Cl)cc1NC(=S)N(CCCn1ccnc1)CC1CC=CCC1. The van der Waals surface area contributed by atoms with E-state index in [0.717, 1.165) is 50.3 Å². The highest BCUT2D eigenvalue weighted by atomic mass is 35.5. The van der Waals surface area contributed by atoms with Gasteiger partial charge in [0.15, 0.2) is 5.11 Å². The fourth-order valence-electron chi connectivity index (χ4n) is 3.44. The summed E-state index contributed by atoms with van der Waals surface area (Å²) >= 11 is 11.9. The summed E-state index contributed by atoms with van der Waals surface area (Å²) in [4.78, 5) is 6.38. The number of imidazole rings is 1. The van der Waals surface area contributed by atoms with E-state index < -0.39 is 0 Å². The first-order chi connectivity index (χ1) is 13.7. The Morgan fingerprint density at radius 1 is 1.43 bits per heavy atom. The molecule has 1 aliphatic rings. The predicted octanol–water partition coefficient (Wildman–Crippen LogP) is 4.99.